The average molecular weight is 377 g/mol. The number of aromatic nitrogens is 4. The Morgan fingerprint density at radius 1 is 1.20 bits per heavy atom. The van der Waals surface area contributed by atoms with Gasteiger partial charge in [0, 0.05) is 43.4 Å². The standard InChI is InChI=1S/C16H14Cl2N6O/c17-13-10(14(18)23-16(19)22-13)8-24-4-3-11-9(7-24)6-20-15(21-11)12-2-1-5-25-12/h1-2,5-6H,3-4,7-8H2,(H2,19,22,23). The van der Waals surface area contributed by atoms with E-state index in [1.807, 2.05) is 18.3 Å². The lowest BCUT2D eigenvalue weighted by Gasteiger charge is -2.28. The summed E-state index contributed by atoms with van der Waals surface area (Å²) in [6.07, 6.45) is 4.26. The van der Waals surface area contributed by atoms with Crippen LogP contribution in [-0.4, -0.2) is 31.4 Å². The number of fused-ring (bicyclic) bond motifs is 1. The molecule has 4 heterocycles. The molecule has 1 aliphatic rings. The molecular weight excluding hydrogens is 363 g/mol. The molecule has 1 aliphatic heterocycles. The minimum atomic E-state index is 0.0709. The minimum absolute atomic E-state index is 0.0709. The number of furan rings is 1. The molecule has 0 unspecified atom stereocenters. The van der Waals surface area contributed by atoms with Crippen molar-refractivity contribution in [2.75, 3.05) is 12.3 Å². The highest BCUT2D eigenvalue weighted by Gasteiger charge is 2.22. The molecule has 128 valence electrons. The van der Waals surface area contributed by atoms with E-state index in [4.69, 9.17) is 33.4 Å². The maximum absolute atomic E-state index is 6.15. The molecule has 0 atom stereocenters. The van der Waals surface area contributed by atoms with Crippen molar-refractivity contribution in [2.24, 2.45) is 0 Å². The Morgan fingerprint density at radius 3 is 2.72 bits per heavy atom. The molecule has 0 spiro atoms. The van der Waals surface area contributed by atoms with Crippen molar-refractivity contribution in [3.8, 4) is 11.6 Å². The third-order valence-corrected chi connectivity index (χ3v) is 4.69. The predicted molar refractivity (Wildman–Crippen MR) is 94.0 cm³/mol. The first-order valence-electron chi connectivity index (χ1n) is 7.68. The van der Waals surface area contributed by atoms with E-state index >= 15 is 0 Å². The number of hydrogen-bond donors (Lipinski definition) is 1. The largest absolute Gasteiger partial charge is 0.461 e. The number of nitrogens with zero attached hydrogens (tertiary/aromatic N) is 5. The molecule has 0 fully saturated rings. The Labute approximate surface area is 153 Å². The van der Waals surface area contributed by atoms with Crippen LogP contribution < -0.4 is 5.73 Å². The molecule has 0 aromatic carbocycles. The number of rotatable bonds is 3. The molecule has 9 heteroatoms. The van der Waals surface area contributed by atoms with Crippen molar-refractivity contribution in [1.82, 2.24) is 24.8 Å². The molecule has 3 aromatic heterocycles. The molecule has 0 saturated heterocycles. The van der Waals surface area contributed by atoms with Crippen LogP contribution in [0.1, 0.15) is 16.8 Å². The molecule has 4 rings (SSSR count). The summed E-state index contributed by atoms with van der Waals surface area (Å²) in [5.74, 6) is 1.35. The van der Waals surface area contributed by atoms with Crippen molar-refractivity contribution in [3.63, 3.8) is 0 Å². The molecule has 0 radical (unpaired) electrons. The Morgan fingerprint density at radius 2 is 2.00 bits per heavy atom. The fourth-order valence-electron chi connectivity index (χ4n) is 2.83. The topological polar surface area (TPSA) is 94.0 Å². The summed E-state index contributed by atoms with van der Waals surface area (Å²) in [4.78, 5) is 19.2. The molecule has 0 saturated carbocycles. The van der Waals surface area contributed by atoms with Crippen molar-refractivity contribution in [3.05, 3.63) is 51.7 Å². The zero-order chi connectivity index (χ0) is 17.4. The molecule has 2 N–H and O–H groups in total. The summed E-state index contributed by atoms with van der Waals surface area (Å²) in [7, 11) is 0. The van der Waals surface area contributed by atoms with Gasteiger partial charge in [-0.15, -0.1) is 0 Å². The molecule has 7 nitrogen and oxygen atoms in total. The number of nitrogens with two attached hydrogens (primary N) is 1. The molecule has 0 amide bonds. The van der Waals surface area contributed by atoms with Gasteiger partial charge in [0.05, 0.1) is 12.0 Å². The number of nitrogen functional groups attached to an aromatic ring is 1. The zero-order valence-corrected chi connectivity index (χ0v) is 14.6. The van der Waals surface area contributed by atoms with Gasteiger partial charge in [-0.05, 0) is 12.1 Å². The van der Waals surface area contributed by atoms with Crippen LogP contribution >= 0.6 is 23.2 Å². The second-order valence-electron chi connectivity index (χ2n) is 5.75. The number of anilines is 1. The van der Waals surface area contributed by atoms with Crippen LogP contribution in [0.15, 0.2) is 29.0 Å². The lowest BCUT2D eigenvalue weighted by Crippen LogP contribution is -2.31. The van der Waals surface area contributed by atoms with Gasteiger partial charge in [0.1, 0.15) is 10.3 Å². The first-order chi connectivity index (χ1) is 12.1. The summed E-state index contributed by atoms with van der Waals surface area (Å²) in [6, 6.07) is 3.67. The Kier molecular flexibility index (Phi) is 4.29. The van der Waals surface area contributed by atoms with Crippen LogP contribution in [-0.2, 0) is 19.5 Å². The Bertz CT molecular complexity index is 892. The van der Waals surface area contributed by atoms with Crippen molar-refractivity contribution in [2.45, 2.75) is 19.5 Å². The smallest absolute Gasteiger partial charge is 0.222 e. The molecule has 3 aromatic rings. The predicted octanol–water partition coefficient (Wildman–Crippen LogP) is 2.97. The van der Waals surface area contributed by atoms with Crippen LogP contribution in [0, 0.1) is 0 Å². The van der Waals surface area contributed by atoms with E-state index in [0.717, 1.165) is 24.2 Å². The van der Waals surface area contributed by atoms with Gasteiger partial charge in [-0.1, -0.05) is 23.2 Å². The van der Waals surface area contributed by atoms with E-state index in [9.17, 15) is 0 Å². The monoisotopic (exact) mass is 376 g/mol. The zero-order valence-electron chi connectivity index (χ0n) is 13.1. The van der Waals surface area contributed by atoms with E-state index in [1.54, 1.807) is 6.26 Å². The number of halogens is 2. The highest BCUT2D eigenvalue weighted by Crippen LogP contribution is 2.27. The van der Waals surface area contributed by atoms with E-state index < -0.39 is 0 Å². The molecule has 0 aliphatic carbocycles. The third-order valence-electron chi connectivity index (χ3n) is 4.06. The SMILES string of the molecule is Nc1nc(Cl)c(CN2CCc3nc(-c4ccco4)ncc3C2)c(Cl)n1. The van der Waals surface area contributed by atoms with Crippen LogP contribution in [0.3, 0.4) is 0 Å². The van der Waals surface area contributed by atoms with Crippen molar-refractivity contribution in [1.29, 1.82) is 0 Å². The Balaban J connectivity index is 1.54. The normalized spacial score (nSPS) is 14.5. The van der Waals surface area contributed by atoms with Crippen molar-refractivity contribution < 1.29 is 4.42 Å². The van der Waals surface area contributed by atoms with Crippen LogP contribution in [0.5, 0.6) is 0 Å². The van der Waals surface area contributed by atoms with Gasteiger partial charge in [0.15, 0.2) is 11.6 Å². The number of hydrogen-bond acceptors (Lipinski definition) is 7. The maximum atomic E-state index is 6.15. The van der Waals surface area contributed by atoms with E-state index in [2.05, 4.69) is 24.8 Å². The minimum Gasteiger partial charge on any atom is -0.461 e. The summed E-state index contributed by atoms with van der Waals surface area (Å²) in [6.45, 7) is 2.06. The lowest BCUT2D eigenvalue weighted by molar-refractivity contribution is 0.242. The van der Waals surface area contributed by atoms with Gasteiger partial charge in [0.2, 0.25) is 5.95 Å². The van der Waals surface area contributed by atoms with E-state index in [-0.39, 0.29) is 16.3 Å². The second-order valence-corrected chi connectivity index (χ2v) is 6.46. The van der Waals surface area contributed by atoms with Gasteiger partial charge >= 0.3 is 0 Å². The van der Waals surface area contributed by atoms with Gasteiger partial charge in [-0.3, -0.25) is 4.90 Å². The summed E-state index contributed by atoms with van der Waals surface area (Å²) in [5, 5.41) is 0.570. The fourth-order valence-corrected chi connectivity index (χ4v) is 3.35. The Hall–Kier alpha value is -2.22. The van der Waals surface area contributed by atoms with Crippen molar-refractivity contribution >= 4 is 29.2 Å². The molecule has 25 heavy (non-hydrogen) atoms. The van der Waals surface area contributed by atoms with Gasteiger partial charge < -0.3 is 10.2 Å². The quantitative estimate of drug-likeness (QED) is 0.702. The molecule has 0 bridgehead atoms. The highest BCUT2D eigenvalue weighted by molar-refractivity contribution is 6.34. The van der Waals surface area contributed by atoms with Gasteiger partial charge in [-0.25, -0.2) is 19.9 Å². The summed E-state index contributed by atoms with van der Waals surface area (Å²) in [5.41, 5.74) is 8.33. The van der Waals surface area contributed by atoms with Crippen LogP contribution in [0.2, 0.25) is 10.3 Å². The summed E-state index contributed by atoms with van der Waals surface area (Å²) < 4.78 is 5.36. The highest BCUT2D eigenvalue weighted by atomic mass is 35.5. The summed E-state index contributed by atoms with van der Waals surface area (Å²) >= 11 is 12.3. The average Bonchev–Trinajstić information content (AvgIpc) is 3.12. The third kappa shape index (κ3) is 3.30. The van der Waals surface area contributed by atoms with Crippen LogP contribution in [0.4, 0.5) is 5.95 Å². The van der Waals surface area contributed by atoms with Gasteiger partial charge in [-0.2, -0.15) is 0 Å². The van der Waals surface area contributed by atoms with E-state index in [1.165, 1.54) is 0 Å². The lowest BCUT2D eigenvalue weighted by atomic mass is 10.1. The fraction of sp³-hybridized carbons (Fsp3) is 0.250. The van der Waals surface area contributed by atoms with Gasteiger partial charge in [0.25, 0.3) is 0 Å². The first-order valence-corrected chi connectivity index (χ1v) is 8.44. The van der Waals surface area contributed by atoms with E-state index in [0.29, 0.717) is 30.2 Å². The maximum Gasteiger partial charge on any atom is 0.222 e. The van der Waals surface area contributed by atoms with Crippen LogP contribution in [0.25, 0.3) is 11.6 Å². The first kappa shape index (κ1) is 16.3. The molecular formula is C16H14Cl2N6O. The second kappa shape index (κ2) is 6.59.